The van der Waals surface area contributed by atoms with E-state index in [0.29, 0.717) is 35.0 Å². The number of benzene rings is 2. The van der Waals surface area contributed by atoms with Gasteiger partial charge in [-0.3, -0.25) is 14.5 Å². The van der Waals surface area contributed by atoms with Crippen LogP contribution in [0.2, 0.25) is 0 Å². The van der Waals surface area contributed by atoms with Crippen LogP contribution in [-0.4, -0.2) is 31.3 Å². The number of nitrogens with zero attached hydrogens (tertiary/aromatic N) is 1. The highest BCUT2D eigenvalue weighted by molar-refractivity contribution is 5.92. The predicted molar refractivity (Wildman–Crippen MR) is 80.9 cm³/mol. The Bertz CT molecular complexity index is 773. The number of aldehydes is 2. The third kappa shape index (κ3) is 2.83. The van der Waals surface area contributed by atoms with Gasteiger partial charge in [-0.15, -0.1) is 0 Å². The molecule has 1 amide bonds. The van der Waals surface area contributed by atoms with Gasteiger partial charge in [0.15, 0.2) is 12.4 Å². The van der Waals surface area contributed by atoms with Crippen molar-refractivity contribution in [3.8, 4) is 11.1 Å². The van der Waals surface area contributed by atoms with Gasteiger partial charge in [-0.1, -0.05) is 24.3 Å². The molecule has 1 fully saturated rings. The number of amides is 1. The Hall–Kier alpha value is -3.02. The third-order valence-corrected chi connectivity index (χ3v) is 3.61. The van der Waals surface area contributed by atoms with Gasteiger partial charge in [0.2, 0.25) is 0 Å². The molecule has 0 bridgehead atoms. The summed E-state index contributed by atoms with van der Waals surface area (Å²) >= 11 is 0. The maximum atomic E-state index is 14.4. The fourth-order valence-corrected chi connectivity index (χ4v) is 2.41. The van der Waals surface area contributed by atoms with Crippen LogP contribution in [0.4, 0.5) is 14.9 Å². The van der Waals surface area contributed by atoms with E-state index in [-0.39, 0.29) is 6.54 Å². The van der Waals surface area contributed by atoms with Crippen molar-refractivity contribution in [2.45, 2.75) is 6.10 Å². The summed E-state index contributed by atoms with van der Waals surface area (Å²) in [7, 11) is 0. The first-order chi connectivity index (χ1) is 11.1. The quantitative estimate of drug-likeness (QED) is 0.814. The van der Waals surface area contributed by atoms with Crippen LogP contribution in [0, 0.1) is 5.82 Å². The Morgan fingerprint density at radius 1 is 1.13 bits per heavy atom. The Kier molecular flexibility index (Phi) is 3.89. The molecule has 0 radical (unpaired) electrons. The Morgan fingerprint density at radius 2 is 1.87 bits per heavy atom. The van der Waals surface area contributed by atoms with Crippen LogP contribution in [0.25, 0.3) is 11.1 Å². The van der Waals surface area contributed by atoms with Crippen molar-refractivity contribution in [1.82, 2.24) is 0 Å². The molecule has 1 saturated heterocycles. The van der Waals surface area contributed by atoms with Crippen LogP contribution in [0.5, 0.6) is 0 Å². The zero-order valence-corrected chi connectivity index (χ0v) is 11.9. The lowest BCUT2D eigenvalue weighted by molar-refractivity contribution is -0.113. The summed E-state index contributed by atoms with van der Waals surface area (Å²) in [5.74, 6) is -0.510. The number of anilines is 1. The van der Waals surface area contributed by atoms with E-state index in [9.17, 15) is 18.8 Å². The van der Waals surface area contributed by atoms with Crippen molar-refractivity contribution in [1.29, 1.82) is 0 Å². The summed E-state index contributed by atoms with van der Waals surface area (Å²) < 4.78 is 19.2. The lowest BCUT2D eigenvalue weighted by Gasteiger charge is -2.14. The second-order valence-electron chi connectivity index (χ2n) is 5.07. The largest absolute Gasteiger partial charge is 0.436 e. The molecule has 5 nitrogen and oxygen atoms in total. The van der Waals surface area contributed by atoms with Crippen LogP contribution >= 0.6 is 0 Å². The molecule has 2 aromatic carbocycles. The molecule has 0 aromatic heterocycles. The number of carbonyl (C=O) groups excluding carboxylic acids is 3. The second kappa shape index (κ2) is 6.00. The van der Waals surface area contributed by atoms with Crippen molar-refractivity contribution in [2.75, 3.05) is 11.4 Å². The maximum absolute atomic E-state index is 14.4. The van der Waals surface area contributed by atoms with E-state index >= 15 is 0 Å². The maximum Gasteiger partial charge on any atom is 0.415 e. The van der Waals surface area contributed by atoms with Gasteiger partial charge in [-0.25, -0.2) is 9.18 Å². The van der Waals surface area contributed by atoms with E-state index < -0.39 is 18.0 Å². The van der Waals surface area contributed by atoms with E-state index in [1.54, 1.807) is 36.4 Å². The lowest BCUT2D eigenvalue weighted by Crippen LogP contribution is -2.24. The third-order valence-electron chi connectivity index (χ3n) is 3.61. The molecule has 1 aliphatic heterocycles. The second-order valence-corrected chi connectivity index (χ2v) is 5.07. The summed E-state index contributed by atoms with van der Waals surface area (Å²) in [6.45, 7) is 0.0646. The SMILES string of the molecule is O=Cc1ccc(-c2ccc(N3C[C@H](C=O)OC3=O)cc2F)cc1. The molecule has 0 spiro atoms. The van der Waals surface area contributed by atoms with Crippen LogP contribution in [0.15, 0.2) is 42.5 Å². The number of cyclic esters (lactones) is 1. The normalized spacial score (nSPS) is 17.0. The molecular weight excluding hydrogens is 301 g/mol. The number of hydrogen-bond donors (Lipinski definition) is 0. The lowest BCUT2D eigenvalue weighted by atomic mass is 10.0. The first-order valence-electron chi connectivity index (χ1n) is 6.91. The zero-order chi connectivity index (χ0) is 16.4. The number of hydrogen-bond acceptors (Lipinski definition) is 4. The van der Waals surface area contributed by atoms with Gasteiger partial charge >= 0.3 is 6.09 Å². The van der Waals surface area contributed by atoms with E-state index in [0.717, 1.165) is 0 Å². The molecule has 1 aliphatic rings. The molecule has 3 rings (SSSR count). The number of halogens is 1. The summed E-state index contributed by atoms with van der Waals surface area (Å²) in [6.07, 6.45) is -0.256. The van der Waals surface area contributed by atoms with Crippen molar-refractivity contribution in [3.05, 3.63) is 53.8 Å². The average molecular weight is 313 g/mol. The van der Waals surface area contributed by atoms with Gasteiger partial charge in [-0.05, 0) is 23.8 Å². The fourth-order valence-electron chi connectivity index (χ4n) is 2.41. The minimum absolute atomic E-state index is 0.0646. The highest BCUT2D eigenvalue weighted by Crippen LogP contribution is 2.29. The van der Waals surface area contributed by atoms with Crippen molar-refractivity contribution in [2.24, 2.45) is 0 Å². The van der Waals surface area contributed by atoms with E-state index in [1.165, 1.54) is 11.0 Å². The van der Waals surface area contributed by atoms with E-state index in [2.05, 4.69) is 0 Å². The number of ether oxygens (including phenoxy) is 1. The average Bonchev–Trinajstić information content (AvgIpc) is 2.96. The van der Waals surface area contributed by atoms with Crippen molar-refractivity contribution < 1.29 is 23.5 Å². The molecule has 0 unspecified atom stereocenters. The zero-order valence-electron chi connectivity index (χ0n) is 11.9. The Labute approximate surface area is 131 Å². The molecule has 0 N–H and O–H groups in total. The van der Waals surface area contributed by atoms with Gasteiger partial charge in [0.05, 0.1) is 12.2 Å². The van der Waals surface area contributed by atoms with E-state index in [1.807, 2.05) is 0 Å². The summed E-state index contributed by atoms with van der Waals surface area (Å²) in [5, 5.41) is 0. The van der Waals surface area contributed by atoms with Gasteiger partial charge in [0.25, 0.3) is 0 Å². The highest BCUT2D eigenvalue weighted by Gasteiger charge is 2.32. The minimum Gasteiger partial charge on any atom is -0.436 e. The standard InChI is InChI=1S/C17H12FNO4/c18-16-7-13(19-8-14(10-21)23-17(19)22)5-6-15(16)12-3-1-11(9-20)2-4-12/h1-7,9-10,14H,8H2/t14-/m1/s1. The predicted octanol–water partition coefficient (Wildman–Crippen LogP) is 2.83. The monoisotopic (exact) mass is 313 g/mol. The van der Waals surface area contributed by atoms with Crippen LogP contribution in [0.3, 0.4) is 0 Å². The van der Waals surface area contributed by atoms with Gasteiger partial charge in [0, 0.05) is 11.1 Å². The molecule has 1 atom stereocenters. The van der Waals surface area contributed by atoms with Crippen LogP contribution in [0.1, 0.15) is 10.4 Å². The van der Waals surface area contributed by atoms with Crippen LogP contribution in [-0.2, 0) is 9.53 Å². The summed E-state index contributed by atoms with van der Waals surface area (Å²) in [6, 6.07) is 10.8. The number of rotatable bonds is 4. The Morgan fingerprint density at radius 3 is 2.43 bits per heavy atom. The topological polar surface area (TPSA) is 63.7 Å². The van der Waals surface area contributed by atoms with E-state index in [4.69, 9.17) is 4.74 Å². The minimum atomic E-state index is -0.832. The molecule has 1 heterocycles. The van der Waals surface area contributed by atoms with Crippen LogP contribution < -0.4 is 4.90 Å². The summed E-state index contributed by atoms with van der Waals surface area (Å²) in [5.41, 5.74) is 1.80. The van der Waals surface area contributed by atoms with Crippen molar-refractivity contribution in [3.63, 3.8) is 0 Å². The van der Waals surface area contributed by atoms with Gasteiger partial charge in [-0.2, -0.15) is 0 Å². The Balaban J connectivity index is 1.90. The molecule has 2 aromatic rings. The fraction of sp³-hybridized carbons (Fsp3) is 0.118. The van der Waals surface area contributed by atoms with Gasteiger partial charge < -0.3 is 4.74 Å². The highest BCUT2D eigenvalue weighted by atomic mass is 19.1. The van der Waals surface area contributed by atoms with Gasteiger partial charge in [0.1, 0.15) is 12.1 Å². The number of carbonyl (C=O) groups is 3. The molecular formula is C17H12FNO4. The smallest absolute Gasteiger partial charge is 0.415 e. The van der Waals surface area contributed by atoms with Crippen molar-refractivity contribution >= 4 is 24.4 Å². The first-order valence-corrected chi connectivity index (χ1v) is 6.91. The molecule has 0 aliphatic carbocycles. The molecule has 116 valence electrons. The molecule has 0 saturated carbocycles. The molecule has 23 heavy (non-hydrogen) atoms. The summed E-state index contributed by atoms with van der Waals surface area (Å²) in [4.78, 5) is 34.2. The first kappa shape index (κ1) is 14.9. The molecule has 6 heteroatoms.